The Hall–Kier alpha value is -2.68. The molecule has 1 atom stereocenters. The summed E-state index contributed by atoms with van der Waals surface area (Å²) in [6, 6.07) is 14.6. The first-order valence-electron chi connectivity index (χ1n) is 7.58. The maximum atomic E-state index is 13.0. The topological polar surface area (TPSA) is 26.3 Å². The number of hydrogen-bond donors (Lipinski definition) is 0. The SMILES string of the molecule is O=C1C=CC[C@@H](/C=C/c2ccccc2Cc2ccc(F)cc2)O1. The van der Waals surface area contributed by atoms with E-state index in [1.165, 1.54) is 18.2 Å². The first-order chi connectivity index (χ1) is 11.2. The van der Waals surface area contributed by atoms with Crippen molar-refractivity contribution in [2.75, 3.05) is 0 Å². The Morgan fingerprint density at radius 1 is 1.13 bits per heavy atom. The van der Waals surface area contributed by atoms with E-state index in [9.17, 15) is 9.18 Å². The maximum Gasteiger partial charge on any atom is 0.331 e. The molecule has 3 heteroatoms. The Morgan fingerprint density at radius 3 is 2.70 bits per heavy atom. The molecule has 0 aliphatic carbocycles. The van der Waals surface area contributed by atoms with Crippen LogP contribution in [0.15, 0.2) is 66.8 Å². The lowest BCUT2D eigenvalue weighted by Crippen LogP contribution is -2.17. The van der Waals surface area contributed by atoms with Crippen LogP contribution in [-0.2, 0) is 16.0 Å². The molecule has 0 radical (unpaired) electrons. The fourth-order valence-electron chi connectivity index (χ4n) is 2.54. The Balaban J connectivity index is 1.76. The zero-order valence-electron chi connectivity index (χ0n) is 12.6. The van der Waals surface area contributed by atoms with E-state index in [0.29, 0.717) is 6.42 Å². The highest BCUT2D eigenvalue weighted by Gasteiger charge is 2.12. The zero-order valence-corrected chi connectivity index (χ0v) is 12.6. The molecule has 1 heterocycles. The number of halogens is 1. The summed E-state index contributed by atoms with van der Waals surface area (Å²) in [5.41, 5.74) is 3.27. The number of esters is 1. The number of rotatable bonds is 4. The summed E-state index contributed by atoms with van der Waals surface area (Å²) < 4.78 is 18.2. The third-order valence-corrected chi connectivity index (χ3v) is 3.74. The molecule has 0 N–H and O–H groups in total. The standard InChI is InChI=1S/C20H17FO2/c21-18-11-8-15(9-12-18)14-17-5-2-1-4-16(17)10-13-19-6-3-7-20(22)23-19/h1-5,7-13,19H,6,14H2/b13-10+/t19-/m0/s1. The van der Waals surface area contributed by atoms with E-state index in [-0.39, 0.29) is 17.9 Å². The van der Waals surface area contributed by atoms with Gasteiger partial charge >= 0.3 is 5.97 Å². The molecule has 0 bridgehead atoms. The fourth-order valence-corrected chi connectivity index (χ4v) is 2.54. The van der Waals surface area contributed by atoms with Gasteiger partial charge < -0.3 is 4.74 Å². The van der Waals surface area contributed by atoms with Crippen LogP contribution >= 0.6 is 0 Å². The van der Waals surface area contributed by atoms with E-state index in [2.05, 4.69) is 6.07 Å². The van der Waals surface area contributed by atoms with Gasteiger partial charge in [-0.2, -0.15) is 0 Å². The highest BCUT2D eigenvalue weighted by molar-refractivity contribution is 5.83. The molecule has 0 amide bonds. The predicted molar refractivity (Wildman–Crippen MR) is 88.3 cm³/mol. The second-order valence-electron chi connectivity index (χ2n) is 5.47. The van der Waals surface area contributed by atoms with Gasteiger partial charge in [0.05, 0.1) is 0 Å². The summed E-state index contributed by atoms with van der Waals surface area (Å²) in [6.07, 6.45) is 8.37. The monoisotopic (exact) mass is 308 g/mol. The summed E-state index contributed by atoms with van der Waals surface area (Å²) in [5, 5.41) is 0. The molecule has 116 valence electrons. The molecular formula is C20H17FO2. The predicted octanol–water partition coefficient (Wildman–Crippen LogP) is 4.30. The van der Waals surface area contributed by atoms with Crippen LogP contribution in [0.1, 0.15) is 23.1 Å². The molecule has 0 fully saturated rings. The first-order valence-corrected chi connectivity index (χ1v) is 7.58. The second-order valence-corrected chi connectivity index (χ2v) is 5.47. The summed E-state index contributed by atoms with van der Waals surface area (Å²) in [6.45, 7) is 0. The van der Waals surface area contributed by atoms with Crippen molar-refractivity contribution in [1.29, 1.82) is 0 Å². The van der Waals surface area contributed by atoms with Crippen LogP contribution in [0.3, 0.4) is 0 Å². The number of ether oxygens (including phenoxy) is 1. The minimum Gasteiger partial charge on any atom is -0.455 e. The summed E-state index contributed by atoms with van der Waals surface area (Å²) in [4.78, 5) is 11.2. The van der Waals surface area contributed by atoms with Crippen LogP contribution in [0.5, 0.6) is 0 Å². The molecule has 2 nitrogen and oxygen atoms in total. The van der Waals surface area contributed by atoms with Crippen LogP contribution in [0, 0.1) is 5.82 Å². The first kappa shape index (κ1) is 15.2. The Bertz CT molecular complexity index is 744. The fraction of sp³-hybridized carbons (Fsp3) is 0.150. The maximum absolute atomic E-state index is 13.0. The third-order valence-electron chi connectivity index (χ3n) is 3.74. The van der Waals surface area contributed by atoms with Gasteiger partial charge in [-0.15, -0.1) is 0 Å². The molecule has 2 aromatic carbocycles. The number of carbonyl (C=O) groups is 1. The molecule has 0 saturated carbocycles. The average Bonchev–Trinajstić information content (AvgIpc) is 2.56. The van der Waals surface area contributed by atoms with Crippen molar-refractivity contribution in [1.82, 2.24) is 0 Å². The van der Waals surface area contributed by atoms with Crippen LogP contribution in [0.4, 0.5) is 4.39 Å². The van der Waals surface area contributed by atoms with E-state index in [1.54, 1.807) is 12.1 Å². The highest BCUT2D eigenvalue weighted by Crippen LogP contribution is 2.18. The molecule has 0 unspecified atom stereocenters. The normalized spacial score (nSPS) is 17.4. The Morgan fingerprint density at radius 2 is 1.91 bits per heavy atom. The van der Waals surface area contributed by atoms with Gasteiger partial charge in [-0.05, 0) is 41.3 Å². The minimum atomic E-state index is -0.300. The lowest BCUT2D eigenvalue weighted by molar-refractivity contribution is -0.141. The smallest absolute Gasteiger partial charge is 0.331 e. The summed E-state index contributed by atoms with van der Waals surface area (Å²) in [7, 11) is 0. The molecule has 0 spiro atoms. The Labute approximate surface area is 134 Å². The molecule has 0 aromatic heterocycles. The quantitative estimate of drug-likeness (QED) is 0.787. The Kier molecular flexibility index (Phi) is 4.67. The van der Waals surface area contributed by atoms with Gasteiger partial charge in [0, 0.05) is 12.5 Å². The molecule has 23 heavy (non-hydrogen) atoms. The zero-order chi connectivity index (χ0) is 16.1. The number of benzene rings is 2. The summed E-state index contributed by atoms with van der Waals surface area (Å²) >= 11 is 0. The van der Waals surface area contributed by atoms with Crippen molar-refractivity contribution in [3.05, 3.63) is 89.3 Å². The summed E-state index contributed by atoms with van der Waals surface area (Å²) in [5.74, 6) is -0.528. The third kappa shape index (κ3) is 4.16. The molecule has 0 saturated heterocycles. The molecule has 3 rings (SSSR count). The van der Waals surface area contributed by atoms with Gasteiger partial charge in [0.1, 0.15) is 11.9 Å². The largest absolute Gasteiger partial charge is 0.455 e. The lowest BCUT2D eigenvalue weighted by atomic mass is 9.99. The van der Waals surface area contributed by atoms with E-state index >= 15 is 0 Å². The van der Waals surface area contributed by atoms with Crippen LogP contribution in [0.25, 0.3) is 6.08 Å². The van der Waals surface area contributed by atoms with Gasteiger partial charge in [0.15, 0.2) is 0 Å². The average molecular weight is 308 g/mol. The van der Waals surface area contributed by atoms with E-state index in [1.807, 2.05) is 36.4 Å². The van der Waals surface area contributed by atoms with Gasteiger partial charge in [0.2, 0.25) is 0 Å². The molecule has 1 aliphatic rings. The van der Waals surface area contributed by atoms with E-state index in [4.69, 9.17) is 4.74 Å². The second kappa shape index (κ2) is 7.05. The number of cyclic esters (lactones) is 1. The van der Waals surface area contributed by atoms with Crippen molar-refractivity contribution in [2.24, 2.45) is 0 Å². The van der Waals surface area contributed by atoms with Gasteiger partial charge in [-0.1, -0.05) is 48.6 Å². The van der Waals surface area contributed by atoms with Crippen molar-refractivity contribution in [3.8, 4) is 0 Å². The lowest BCUT2D eigenvalue weighted by Gasteiger charge is -2.15. The van der Waals surface area contributed by atoms with E-state index < -0.39 is 0 Å². The van der Waals surface area contributed by atoms with Crippen LogP contribution in [-0.4, -0.2) is 12.1 Å². The minimum absolute atomic E-state index is 0.216. The van der Waals surface area contributed by atoms with Gasteiger partial charge in [0.25, 0.3) is 0 Å². The van der Waals surface area contributed by atoms with Crippen LogP contribution < -0.4 is 0 Å². The number of carbonyl (C=O) groups excluding carboxylic acids is 1. The van der Waals surface area contributed by atoms with Crippen molar-refractivity contribution >= 4 is 12.0 Å². The van der Waals surface area contributed by atoms with Gasteiger partial charge in [-0.25, -0.2) is 9.18 Å². The molecule has 1 aliphatic heterocycles. The van der Waals surface area contributed by atoms with Crippen LogP contribution in [0.2, 0.25) is 0 Å². The van der Waals surface area contributed by atoms with Crippen molar-refractivity contribution in [2.45, 2.75) is 18.9 Å². The van der Waals surface area contributed by atoms with Crippen molar-refractivity contribution < 1.29 is 13.9 Å². The molecular weight excluding hydrogens is 291 g/mol. The van der Waals surface area contributed by atoms with Crippen molar-refractivity contribution in [3.63, 3.8) is 0 Å². The highest BCUT2D eigenvalue weighted by atomic mass is 19.1. The van der Waals surface area contributed by atoms with Gasteiger partial charge in [-0.3, -0.25) is 0 Å². The number of hydrogen-bond acceptors (Lipinski definition) is 2. The molecule has 2 aromatic rings. The van der Waals surface area contributed by atoms with E-state index in [0.717, 1.165) is 23.1 Å².